The third-order valence-electron chi connectivity index (χ3n) is 3.26. The van der Waals surface area contributed by atoms with Crippen LogP contribution in [0.2, 0.25) is 0 Å². The Labute approximate surface area is 111 Å². The zero-order chi connectivity index (χ0) is 13.6. The quantitative estimate of drug-likeness (QED) is 0.776. The van der Waals surface area contributed by atoms with Crippen LogP contribution in [0.25, 0.3) is 6.08 Å². The molecule has 0 aliphatic heterocycles. The van der Waals surface area contributed by atoms with Crippen LogP contribution in [0, 0.1) is 0 Å². The number of allylic oxidation sites excluding steroid dienone is 1. The summed E-state index contributed by atoms with van der Waals surface area (Å²) < 4.78 is 0. The summed E-state index contributed by atoms with van der Waals surface area (Å²) in [6.07, 6.45) is 3.32. The first-order chi connectivity index (χ1) is 8.15. The maximum absolute atomic E-state index is 3.58. The van der Waals surface area contributed by atoms with E-state index >= 15 is 0 Å². The molecule has 0 bridgehead atoms. The Morgan fingerprint density at radius 2 is 1.67 bits per heavy atom. The smallest absolute Gasteiger partial charge is 0.0286 e. The summed E-state index contributed by atoms with van der Waals surface area (Å²) in [6.45, 7) is 13.4. The summed E-state index contributed by atoms with van der Waals surface area (Å²) in [5.41, 5.74) is 5.95. The van der Waals surface area contributed by atoms with Gasteiger partial charge >= 0.3 is 0 Å². The van der Waals surface area contributed by atoms with Gasteiger partial charge in [0.25, 0.3) is 0 Å². The molecule has 0 spiro atoms. The predicted octanol–water partition coefficient (Wildman–Crippen LogP) is 4.27. The molecule has 1 heteroatoms. The molecule has 0 saturated carbocycles. The number of nitrogens with one attached hydrogen (secondary N) is 1. The Morgan fingerprint density at radius 3 is 2.22 bits per heavy atom. The van der Waals surface area contributed by atoms with Crippen LogP contribution >= 0.6 is 0 Å². The molecule has 1 N–H and O–H groups in total. The van der Waals surface area contributed by atoms with E-state index in [2.05, 4.69) is 71.1 Å². The fraction of sp³-hybridized carbons (Fsp3) is 0.529. The predicted molar refractivity (Wildman–Crippen MR) is 79.7 cm³/mol. The minimum Gasteiger partial charge on any atom is -0.383 e. The summed E-state index contributed by atoms with van der Waals surface area (Å²) in [6, 6.07) is 6.88. The van der Waals surface area contributed by atoms with Crippen LogP contribution in [0.15, 0.2) is 23.9 Å². The van der Waals surface area contributed by atoms with Crippen LogP contribution in [-0.4, -0.2) is 5.54 Å². The highest BCUT2D eigenvalue weighted by atomic mass is 15.0. The normalized spacial score (nSPS) is 15.3. The minimum absolute atomic E-state index is 0.140. The average Bonchev–Trinajstić information content (AvgIpc) is 2.53. The molecule has 1 aliphatic rings. The van der Waals surface area contributed by atoms with E-state index in [4.69, 9.17) is 0 Å². The van der Waals surface area contributed by atoms with Gasteiger partial charge in [-0.15, -0.1) is 0 Å². The summed E-state index contributed by atoms with van der Waals surface area (Å²) in [7, 11) is 0. The van der Waals surface area contributed by atoms with Crippen LogP contribution in [0.3, 0.4) is 0 Å². The van der Waals surface area contributed by atoms with Crippen molar-refractivity contribution in [2.24, 2.45) is 0 Å². The van der Waals surface area contributed by atoms with Crippen molar-refractivity contribution in [1.29, 1.82) is 0 Å². The molecule has 98 valence electrons. The highest BCUT2D eigenvalue weighted by Crippen LogP contribution is 2.30. The standard InChI is InChI=1S/C17H25N/c1-16(2,3)14-8-7-12-10-15(11-13(12)9-14)18-17(4,5)6/h7-10,18H,11H2,1-6H3. The Kier molecular flexibility index (Phi) is 3.04. The van der Waals surface area contributed by atoms with E-state index in [9.17, 15) is 0 Å². The highest BCUT2D eigenvalue weighted by Gasteiger charge is 2.20. The molecule has 0 unspecified atom stereocenters. The van der Waals surface area contributed by atoms with Crippen molar-refractivity contribution in [3.63, 3.8) is 0 Å². The van der Waals surface area contributed by atoms with Crippen LogP contribution in [-0.2, 0) is 11.8 Å². The van der Waals surface area contributed by atoms with Crippen molar-refractivity contribution in [3.8, 4) is 0 Å². The molecule has 0 radical (unpaired) electrons. The molecular formula is C17H25N. The van der Waals surface area contributed by atoms with E-state index in [0.717, 1.165) is 6.42 Å². The monoisotopic (exact) mass is 243 g/mol. The van der Waals surface area contributed by atoms with Gasteiger partial charge in [-0.3, -0.25) is 0 Å². The molecule has 0 fully saturated rings. The van der Waals surface area contributed by atoms with Crippen LogP contribution < -0.4 is 5.32 Å². The van der Waals surface area contributed by atoms with E-state index in [1.165, 1.54) is 22.4 Å². The summed E-state index contributed by atoms with van der Waals surface area (Å²) in [4.78, 5) is 0. The Hall–Kier alpha value is -1.24. The number of hydrogen-bond acceptors (Lipinski definition) is 1. The van der Waals surface area contributed by atoms with Crippen molar-refractivity contribution in [2.75, 3.05) is 0 Å². The van der Waals surface area contributed by atoms with Crippen molar-refractivity contribution in [1.82, 2.24) is 5.32 Å². The molecule has 1 nitrogen and oxygen atoms in total. The van der Waals surface area contributed by atoms with Crippen molar-refractivity contribution in [3.05, 3.63) is 40.6 Å². The molecule has 0 heterocycles. The number of hydrogen-bond donors (Lipinski definition) is 1. The number of rotatable bonds is 1. The second kappa shape index (κ2) is 4.15. The maximum Gasteiger partial charge on any atom is 0.0286 e. The van der Waals surface area contributed by atoms with Gasteiger partial charge in [0.15, 0.2) is 0 Å². The van der Waals surface area contributed by atoms with Gasteiger partial charge in [-0.2, -0.15) is 0 Å². The molecule has 0 atom stereocenters. The lowest BCUT2D eigenvalue weighted by atomic mass is 9.85. The lowest BCUT2D eigenvalue weighted by molar-refractivity contribution is 0.471. The Bertz CT molecular complexity index is 481. The average molecular weight is 243 g/mol. The molecule has 1 aromatic carbocycles. The van der Waals surface area contributed by atoms with Gasteiger partial charge < -0.3 is 5.32 Å². The molecule has 2 rings (SSSR count). The van der Waals surface area contributed by atoms with Crippen molar-refractivity contribution in [2.45, 2.75) is 58.9 Å². The third kappa shape index (κ3) is 2.95. The number of benzene rings is 1. The SMILES string of the molecule is CC(C)(C)NC1=Cc2ccc(C(C)(C)C)cc2C1. The van der Waals surface area contributed by atoms with Gasteiger partial charge in [0.2, 0.25) is 0 Å². The summed E-state index contributed by atoms with van der Waals surface area (Å²) in [5.74, 6) is 0. The fourth-order valence-corrected chi connectivity index (χ4v) is 2.37. The number of fused-ring (bicyclic) bond motifs is 1. The molecule has 1 aromatic rings. The first-order valence-electron chi connectivity index (χ1n) is 6.77. The topological polar surface area (TPSA) is 12.0 Å². The summed E-state index contributed by atoms with van der Waals surface area (Å²) in [5, 5.41) is 3.58. The minimum atomic E-state index is 0.140. The van der Waals surface area contributed by atoms with Crippen molar-refractivity contribution >= 4 is 6.08 Å². The van der Waals surface area contributed by atoms with Gasteiger partial charge in [-0.05, 0) is 49.0 Å². The zero-order valence-electron chi connectivity index (χ0n) is 12.5. The van der Waals surface area contributed by atoms with E-state index in [1.54, 1.807) is 0 Å². The van der Waals surface area contributed by atoms with Crippen LogP contribution in [0.4, 0.5) is 0 Å². The van der Waals surface area contributed by atoms with Crippen molar-refractivity contribution < 1.29 is 0 Å². The molecule has 1 aliphatic carbocycles. The van der Waals surface area contributed by atoms with Gasteiger partial charge in [-0.1, -0.05) is 39.0 Å². The molecule has 0 amide bonds. The second-order valence-electron chi connectivity index (χ2n) is 7.38. The zero-order valence-corrected chi connectivity index (χ0v) is 12.5. The molecule has 18 heavy (non-hydrogen) atoms. The summed E-state index contributed by atoms with van der Waals surface area (Å²) >= 11 is 0. The lowest BCUT2D eigenvalue weighted by Crippen LogP contribution is -2.34. The van der Waals surface area contributed by atoms with E-state index < -0.39 is 0 Å². The van der Waals surface area contributed by atoms with E-state index in [0.29, 0.717) is 0 Å². The van der Waals surface area contributed by atoms with E-state index in [1.807, 2.05) is 0 Å². The molecule has 0 saturated heterocycles. The first-order valence-corrected chi connectivity index (χ1v) is 6.77. The largest absolute Gasteiger partial charge is 0.383 e. The Morgan fingerprint density at radius 1 is 1.00 bits per heavy atom. The van der Waals surface area contributed by atoms with Gasteiger partial charge in [0.05, 0.1) is 0 Å². The highest BCUT2D eigenvalue weighted by molar-refractivity contribution is 5.64. The molecular weight excluding hydrogens is 218 g/mol. The van der Waals surface area contributed by atoms with E-state index in [-0.39, 0.29) is 11.0 Å². The third-order valence-corrected chi connectivity index (χ3v) is 3.26. The van der Waals surface area contributed by atoms with Gasteiger partial charge in [-0.25, -0.2) is 0 Å². The van der Waals surface area contributed by atoms with Crippen LogP contribution in [0.1, 0.15) is 58.2 Å². The first kappa shape index (κ1) is 13.2. The maximum atomic E-state index is 3.58. The lowest BCUT2D eigenvalue weighted by Gasteiger charge is -2.23. The van der Waals surface area contributed by atoms with Gasteiger partial charge in [0, 0.05) is 17.7 Å². The second-order valence-corrected chi connectivity index (χ2v) is 7.38. The molecule has 0 aromatic heterocycles. The Balaban J connectivity index is 2.22. The fourth-order valence-electron chi connectivity index (χ4n) is 2.37. The van der Waals surface area contributed by atoms with Crippen LogP contribution in [0.5, 0.6) is 0 Å². The van der Waals surface area contributed by atoms with Gasteiger partial charge in [0.1, 0.15) is 0 Å².